The number of benzene rings is 1. The van der Waals surface area contributed by atoms with Crippen LogP contribution in [-0.4, -0.2) is 33.1 Å². The van der Waals surface area contributed by atoms with Gasteiger partial charge >= 0.3 is 5.97 Å². The van der Waals surface area contributed by atoms with Crippen LogP contribution >= 0.6 is 0 Å². The lowest BCUT2D eigenvalue weighted by molar-refractivity contribution is -0.141. The fourth-order valence-corrected chi connectivity index (χ4v) is 2.19. The van der Waals surface area contributed by atoms with E-state index < -0.39 is 17.9 Å². The highest BCUT2D eigenvalue weighted by Gasteiger charge is 2.20. The molecular formula is C15H19N3O3. The lowest BCUT2D eigenvalue weighted by Gasteiger charge is -2.16. The zero-order chi connectivity index (χ0) is 15.4. The number of imidazole rings is 1. The molecule has 2 aromatic rings. The highest BCUT2D eigenvalue weighted by atomic mass is 16.4. The topological polar surface area (TPSA) is 84.2 Å². The van der Waals surface area contributed by atoms with Gasteiger partial charge in [0.25, 0.3) is 0 Å². The van der Waals surface area contributed by atoms with E-state index in [1.165, 1.54) is 0 Å². The third kappa shape index (κ3) is 3.21. The van der Waals surface area contributed by atoms with Gasteiger partial charge in [-0.1, -0.05) is 19.1 Å². The van der Waals surface area contributed by atoms with Crippen molar-refractivity contribution in [3.8, 4) is 0 Å². The Morgan fingerprint density at radius 2 is 2.10 bits per heavy atom. The van der Waals surface area contributed by atoms with Crippen LogP contribution in [-0.2, 0) is 9.59 Å². The quantitative estimate of drug-likeness (QED) is 0.849. The second-order valence-corrected chi connectivity index (χ2v) is 5.01. The molecule has 2 rings (SSSR count). The summed E-state index contributed by atoms with van der Waals surface area (Å²) in [5.74, 6) is -1.66. The van der Waals surface area contributed by atoms with Crippen LogP contribution in [0.4, 0.5) is 0 Å². The lowest BCUT2D eigenvalue weighted by Crippen LogP contribution is -2.36. The summed E-state index contributed by atoms with van der Waals surface area (Å²) >= 11 is 0. The molecule has 1 heterocycles. The molecule has 0 spiro atoms. The Labute approximate surface area is 122 Å². The minimum absolute atomic E-state index is 0.141. The number of amides is 1. The van der Waals surface area contributed by atoms with E-state index in [9.17, 15) is 9.59 Å². The first-order valence-electron chi connectivity index (χ1n) is 6.96. The minimum atomic E-state index is -0.890. The van der Waals surface area contributed by atoms with Crippen molar-refractivity contribution in [2.24, 2.45) is 5.92 Å². The van der Waals surface area contributed by atoms with E-state index in [1.807, 2.05) is 24.3 Å². The monoisotopic (exact) mass is 289 g/mol. The zero-order valence-electron chi connectivity index (χ0n) is 12.1. The maximum atomic E-state index is 12.2. The number of para-hydroxylation sites is 2. The Balaban J connectivity index is 2.07. The van der Waals surface area contributed by atoms with Gasteiger partial charge in [-0.3, -0.25) is 9.59 Å². The van der Waals surface area contributed by atoms with Gasteiger partial charge in [-0.2, -0.15) is 0 Å². The summed E-state index contributed by atoms with van der Waals surface area (Å²) in [5, 5.41) is 11.7. The maximum Gasteiger partial charge on any atom is 0.308 e. The maximum absolute atomic E-state index is 12.2. The van der Waals surface area contributed by atoms with Crippen LogP contribution in [0.25, 0.3) is 11.0 Å². The van der Waals surface area contributed by atoms with Crippen LogP contribution in [0.5, 0.6) is 0 Å². The number of aliphatic carboxylic acids is 1. The third-order valence-electron chi connectivity index (χ3n) is 3.64. The van der Waals surface area contributed by atoms with Crippen molar-refractivity contribution in [3.05, 3.63) is 30.6 Å². The average Bonchev–Trinajstić information content (AvgIpc) is 2.90. The molecule has 0 fully saturated rings. The Morgan fingerprint density at radius 3 is 2.76 bits per heavy atom. The average molecular weight is 289 g/mol. The molecule has 2 unspecified atom stereocenters. The number of carboxylic acids is 1. The Hall–Kier alpha value is -2.37. The first-order valence-corrected chi connectivity index (χ1v) is 6.96. The van der Waals surface area contributed by atoms with E-state index in [1.54, 1.807) is 24.7 Å². The Kier molecular flexibility index (Phi) is 4.57. The number of hydrogen-bond donors (Lipinski definition) is 2. The molecule has 112 valence electrons. The molecule has 1 aromatic carbocycles. The second kappa shape index (κ2) is 6.39. The van der Waals surface area contributed by atoms with Crippen LogP contribution in [0.3, 0.4) is 0 Å². The number of hydrogen-bond acceptors (Lipinski definition) is 3. The largest absolute Gasteiger partial charge is 0.481 e. The van der Waals surface area contributed by atoms with Crippen molar-refractivity contribution < 1.29 is 14.7 Å². The fraction of sp³-hybridized carbons (Fsp3) is 0.400. The van der Waals surface area contributed by atoms with E-state index >= 15 is 0 Å². The summed E-state index contributed by atoms with van der Waals surface area (Å²) in [4.78, 5) is 27.4. The van der Waals surface area contributed by atoms with Crippen molar-refractivity contribution in [2.75, 3.05) is 6.54 Å². The van der Waals surface area contributed by atoms with Gasteiger partial charge in [-0.25, -0.2) is 4.98 Å². The summed E-state index contributed by atoms with van der Waals surface area (Å²) in [6, 6.07) is 7.13. The van der Waals surface area contributed by atoms with Gasteiger partial charge < -0.3 is 15.0 Å². The highest BCUT2D eigenvalue weighted by Crippen LogP contribution is 2.17. The summed E-state index contributed by atoms with van der Waals surface area (Å²) in [6.45, 7) is 3.70. The van der Waals surface area contributed by atoms with Gasteiger partial charge in [0, 0.05) is 6.54 Å². The second-order valence-electron chi connectivity index (χ2n) is 5.01. The van der Waals surface area contributed by atoms with E-state index in [2.05, 4.69) is 10.3 Å². The van der Waals surface area contributed by atoms with Crippen molar-refractivity contribution in [3.63, 3.8) is 0 Å². The third-order valence-corrected chi connectivity index (χ3v) is 3.64. The minimum Gasteiger partial charge on any atom is -0.481 e. The van der Waals surface area contributed by atoms with Crippen LogP contribution in [0.1, 0.15) is 26.3 Å². The van der Waals surface area contributed by atoms with Gasteiger partial charge in [0.2, 0.25) is 5.91 Å². The molecule has 0 aliphatic rings. The van der Waals surface area contributed by atoms with Gasteiger partial charge in [0.15, 0.2) is 0 Å². The summed E-state index contributed by atoms with van der Waals surface area (Å²) in [5.41, 5.74) is 1.71. The SMILES string of the molecule is CCC(CNC(=O)C(C)n1cnc2ccccc21)C(=O)O. The molecule has 0 saturated carbocycles. The molecule has 2 atom stereocenters. The van der Waals surface area contributed by atoms with E-state index in [4.69, 9.17) is 5.11 Å². The van der Waals surface area contributed by atoms with Crippen LogP contribution in [0, 0.1) is 5.92 Å². The Bertz CT molecular complexity index is 650. The molecule has 0 aliphatic heterocycles. The Morgan fingerprint density at radius 1 is 1.38 bits per heavy atom. The zero-order valence-corrected chi connectivity index (χ0v) is 12.1. The van der Waals surface area contributed by atoms with Crippen molar-refractivity contribution in [2.45, 2.75) is 26.3 Å². The summed E-state index contributed by atoms with van der Waals surface area (Å²) in [6.07, 6.45) is 2.11. The summed E-state index contributed by atoms with van der Waals surface area (Å²) in [7, 11) is 0. The summed E-state index contributed by atoms with van der Waals surface area (Å²) < 4.78 is 1.78. The molecular weight excluding hydrogens is 270 g/mol. The van der Waals surface area contributed by atoms with Crippen LogP contribution in [0.15, 0.2) is 30.6 Å². The van der Waals surface area contributed by atoms with Crippen molar-refractivity contribution >= 4 is 22.9 Å². The number of carboxylic acid groups (broad SMARTS) is 1. The lowest BCUT2D eigenvalue weighted by atomic mass is 10.1. The molecule has 2 N–H and O–H groups in total. The van der Waals surface area contributed by atoms with Gasteiger partial charge in [0.05, 0.1) is 23.3 Å². The molecule has 0 radical (unpaired) electrons. The number of carbonyl (C=O) groups is 2. The van der Waals surface area contributed by atoms with E-state index in [-0.39, 0.29) is 12.5 Å². The molecule has 6 nitrogen and oxygen atoms in total. The number of rotatable bonds is 6. The van der Waals surface area contributed by atoms with E-state index in [0.29, 0.717) is 6.42 Å². The molecule has 1 aromatic heterocycles. The van der Waals surface area contributed by atoms with E-state index in [0.717, 1.165) is 11.0 Å². The molecule has 0 bridgehead atoms. The predicted octanol–water partition coefficient (Wildman–Crippen LogP) is 1.82. The number of aromatic nitrogens is 2. The van der Waals surface area contributed by atoms with Crippen LogP contribution < -0.4 is 5.32 Å². The molecule has 0 saturated heterocycles. The number of fused-ring (bicyclic) bond motifs is 1. The predicted molar refractivity (Wildman–Crippen MR) is 78.9 cm³/mol. The number of nitrogens with one attached hydrogen (secondary N) is 1. The molecule has 0 aliphatic carbocycles. The standard InChI is InChI=1S/C15H19N3O3/c1-3-11(15(20)21)8-16-14(19)10(2)18-9-17-12-6-4-5-7-13(12)18/h4-7,9-11H,3,8H2,1-2H3,(H,16,19)(H,20,21). The van der Waals surface area contributed by atoms with Gasteiger partial charge in [0.1, 0.15) is 6.04 Å². The van der Waals surface area contributed by atoms with Crippen LogP contribution in [0.2, 0.25) is 0 Å². The van der Waals surface area contributed by atoms with Gasteiger partial charge in [-0.15, -0.1) is 0 Å². The number of carbonyl (C=O) groups excluding carboxylic acids is 1. The fourth-order valence-electron chi connectivity index (χ4n) is 2.19. The molecule has 1 amide bonds. The smallest absolute Gasteiger partial charge is 0.308 e. The molecule has 6 heteroatoms. The highest BCUT2D eigenvalue weighted by molar-refractivity contribution is 5.84. The number of nitrogens with zero attached hydrogens (tertiary/aromatic N) is 2. The van der Waals surface area contributed by atoms with Crippen molar-refractivity contribution in [1.82, 2.24) is 14.9 Å². The first-order chi connectivity index (χ1) is 10.0. The van der Waals surface area contributed by atoms with Gasteiger partial charge in [-0.05, 0) is 25.5 Å². The first kappa shape index (κ1) is 15.0. The molecule has 21 heavy (non-hydrogen) atoms. The van der Waals surface area contributed by atoms with Crippen molar-refractivity contribution in [1.29, 1.82) is 0 Å². The normalized spacial score (nSPS) is 13.8.